The molecule has 0 heterocycles. The van der Waals surface area contributed by atoms with Gasteiger partial charge in [-0.2, -0.15) is 4.31 Å². The fraction of sp³-hybridized carbons (Fsp3) is 0.500. The van der Waals surface area contributed by atoms with Crippen molar-refractivity contribution in [3.63, 3.8) is 0 Å². The molecular formula is C16H23NO3S. The molecule has 1 aromatic carbocycles. The molecule has 1 aromatic rings. The van der Waals surface area contributed by atoms with E-state index in [4.69, 9.17) is 5.11 Å². The topological polar surface area (TPSA) is 57.6 Å². The van der Waals surface area contributed by atoms with Crippen LogP contribution >= 0.6 is 0 Å². The Morgan fingerprint density at radius 1 is 1.33 bits per heavy atom. The van der Waals surface area contributed by atoms with Gasteiger partial charge in [0.2, 0.25) is 10.0 Å². The second kappa shape index (κ2) is 7.60. The highest BCUT2D eigenvalue weighted by atomic mass is 32.2. The van der Waals surface area contributed by atoms with Crippen molar-refractivity contribution in [3.05, 3.63) is 29.3 Å². The summed E-state index contributed by atoms with van der Waals surface area (Å²) in [5, 5.41) is 8.72. The third kappa shape index (κ3) is 4.07. The molecule has 0 bridgehead atoms. The Morgan fingerprint density at radius 2 is 2.00 bits per heavy atom. The van der Waals surface area contributed by atoms with Gasteiger partial charge in [0, 0.05) is 18.2 Å². The molecule has 0 aromatic heterocycles. The van der Waals surface area contributed by atoms with Gasteiger partial charge in [-0.05, 0) is 44.0 Å². The van der Waals surface area contributed by atoms with Gasteiger partial charge in [0.15, 0.2) is 0 Å². The van der Waals surface area contributed by atoms with Crippen LogP contribution in [-0.2, 0) is 10.0 Å². The van der Waals surface area contributed by atoms with Crippen LogP contribution in [-0.4, -0.2) is 37.0 Å². The Kier molecular flexibility index (Phi) is 6.41. The highest BCUT2D eigenvalue weighted by Crippen LogP contribution is 2.21. The molecular weight excluding hydrogens is 286 g/mol. The summed E-state index contributed by atoms with van der Waals surface area (Å²) in [6, 6.07) is 4.88. The van der Waals surface area contributed by atoms with E-state index in [1.165, 1.54) is 4.31 Å². The fourth-order valence-electron chi connectivity index (χ4n) is 2.13. The summed E-state index contributed by atoms with van der Waals surface area (Å²) in [6.45, 7) is 7.79. The SMILES string of the molecule is CCC(C)N(CC)S(=O)(=O)c1ccc(C#CCO)c(C)c1. The molecule has 1 atom stereocenters. The first-order chi connectivity index (χ1) is 9.88. The Balaban J connectivity index is 3.23. The van der Waals surface area contributed by atoms with Crippen LogP contribution in [0.1, 0.15) is 38.3 Å². The van der Waals surface area contributed by atoms with Crippen LogP contribution in [0, 0.1) is 18.8 Å². The zero-order valence-corrected chi connectivity index (χ0v) is 13.9. The highest BCUT2D eigenvalue weighted by Gasteiger charge is 2.26. The minimum Gasteiger partial charge on any atom is -0.384 e. The average molecular weight is 309 g/mol. The average Bonchev–Trinajstić information content (AvgIpc) is 2.46. The van der Waals surface area contributed by atoms with Gasteiger partial charge in [-0.15, -0.1) is 0 Å². The van der Waals surface area contributed by atoms with Crippen molar-refractivity contribution in [2.45, 2.75) is 45.1 Å². The van der Waals surface area contributed by atoms with Gasteiger partial charge in [-0.25, -0.2) is 8.42 Å². The number of hydrogen-bond donors (Lipinski definition) is 1. The van der Waals surface area contributed by atoms with Gasteiger partial charge >= 0.3 is 0 Å². The molecule has 0 amide bonds. The van der Waals surface area contributed by atoms with Crippen LogP contribution in [0.15, 0.2) is 23.1 Å². The predicted octanol–water partition coefficient (Wildman–Crippen LogP) is 2.15. The summed E-state index contributed by atoms with van der Waals surface area (Å²) in [6.07, 6.45) is 0.770. The lowest BCUT2D eigenvalue weighted by molar-refractivity contribution is 0.342. The van der Waals surface area contributed by atoms with Crippen LogP contribution in [0.5, 0.6) is 0 Å². The number of sulfonamides is 1. The molecule has 0 saturated carbocycles. The van der Waals surface area contributed by atoms with Gasteiger partial charge in [-0.1, -0.05) is 25.7 Å². The third-order valence-corrected chi connectivity index (χ3v) is 5.59. The minimum absolute atomic E-state index is 0.0332. The smallest absolute Gasteiger partial charge is 0.243 e. The first kappa shape index (κ1) is 17.7. The van der Waals surface area contributed by atoms with Crippen molar-refractivity contribution in [1.82, 2.24) is 4.31 Å². The molecule has 0 fully saturated rings. The van der Waals surface area contributed by atoms with E-state index in [2.05, 4.69) is 11.8 Å². The Labute approximate surface area is 127 Å². The molecule has 0 saturated heterocycles. The summed E-state index contributed by atoms with van der Waals surface area (Å²) in [7, 11) is -3.49. The summed E-state index contributed by atoms with van der Waals surface area (Å²) < 4.78 is 26.9. The standard InChI is InChI=1S/C16H23NO3S/c1-5-14(4)17(6-2)21(19,20)16-10-9-15(8-7-11-18)13(3)12-16/h9-10,12,14,18H,5-6,11H2,1-4H3. The molecule has 116 valence electrons. The van der Waals surface area contributed by atoms with E-state index >= 15 is 0 Å². The van der Waals surface area contributed by atoms with Crippen molar-refractivity contribution in [1.29, 1.82) is 0 Å². The van der Waals surface area contributed by atoms with E-state index in [1.54, 1.807) is 18.2 Å². The number of rotatable bonds is 5. The van der Waals surface area contributed by atoms with Crippen LogP contribution in [0.2, 0.25) is 0 Å². The van der Waals surface area contributed by atoms with Gasteiger partial charge in [0.1, 0.15) is 6.61 Å². The normalized spacial score (nSPS) is 12.9. The van der Waals surface area contributed by atoms with E-state index in [1.807, 2.05) is 27.7 Å². The molecule has 0 aliphatic carbocycles. The predicted molar refractivity (Wildman–Crippen MR) is 84.5 cm³/mol. The van der Waals surface area contributed by atoms with Crippen LogP contribution < -0.4 is 0 Å². The van der Waals surface area contributed by atoms with Crippen LogP contribution in [0.25, 0.3) is 0 Å². The number of benzene rings is 1. The molecule has 1 N–H and O–H groups in total. The van der Waals surface area contributed by atoms with Gasteiger partial charge < -0.3 is 5.11 Å². The maximum absolute atomic E-state index is 12.7. The Bertz CT molecular complexity index is 641. The van der Waals surface area contributed by atoms with Gasteiger partial charge in [0.05, 0.1) is 4.90 Å². The van der Waals surface area contributed by atoms with Crippen LogP contribution in [0.3, 0.4) is 0 Å². The molecule has 0 spiro atoms. The lowest BCUT2D eigenvalue weighted by Crippen LogP contribution is -2.38. The number of aryl methyl sites for hydroxylation is 1. The molecule has 0 aliphatic heterocycles. The molecule has 21 heavy (non-hydrogen) atoms. The number of nitrogens with zero attached hydrogens (tertiary/aromatic N) is 1. The number of aliphatic hydroxyl groups excluding tert-OH is 1. The second-order valence-electron chi connectivity index (χ2n) is 4.90. The fourth-order valence-corrected chi connectivity index (χ4v) is 3.93. The minimum atomic E-state index is -3.49. The zero-order valence-electron chi connectivity index (χ0n) is 13.0. The van der Waals surface area contributed by atoms with Gasteiger partial charge in [0.25, 0.3) is 0 Å². The third-order valence-electron chi connectivity index (χ3n) is 3.50. The van der Waals surface area contributed by atoms with Crippen molar-refractivity contribution in [2.75, 3.05) is 13.2 Å². The maximum Gasteiger partial charge on any atom is 0.243 e. The quantitative estimate of drug-likeness (QED) is 0.848. The van der Waals surface area contributed by atoms with Crippen molar-refractivity contribution < 1.29 is 13.5 Å². The van der Waals surface area contributed by atoms with Crippen molar-refractivity contribution in [2.24, 2.45) is 0 Å². The number of aliphatic hydroxyl groups is 1. The molecule has 5 heteroatoms. The molecule has 0 radical (unpaired) electrons. The molecule has 1 unspecified atom stereocenters. The monoisotopic (exact) mass is 309 g/mol. The highest BCUT2D eigenvalue weighted by molar-refractivity contribution is 7.89. The molecule has 0 aliphatic rings. The van der Waals surface area contributed by atoms with Crippen molar-refractivity contribution >= 4 is 10.0 Å². The van der Waals surface area contributed by atoms with Crippen molar-refractivity contribution in [3.8, 4) is 11.8 Å². The largest absolute Gasteiger partial charge is 0.384 e. The Hall–Kier alpha value is -1.35. The second-order valence-corrected chi connectivity index (χ2v) is 6.79. The van der Waals surface area contributed by atoms with E-state index in [-0.39, 0.29) is 17.5 Å². The Morgan fingerprint density at radius 3 is 2.48 bits per heavy atom. The van der Waals surface area contributed by atoms with E-state index in [0.717, 1.165) is 17.5 Å². The van der Waals surface area contributed by atoms with E-state index in [0.29, 0.717) is 6.54 Å². The summed E-state index contributed by atoms with van der Waals surface area (Å²) >= 11 is 0. The first-order valence-electron chi connectivity index (χ1n) is 7.10. The summed E-state index contributed by atoms with van der Waals surface area (Å²) in [5.41, 5.74) is 1.52. The summed E-state index contributed by atoms with van der Waals surface area (Å²) in [4.78, 5) is 0.289. The summed E-state index contributed by atoms with van der Waals surface area (Å²) in [5.74, 6) is 5.38. The van der Waals surface area contributed by atoms with Crippen LogP contribution in [0.4, 0.5) is 0 Å². The maximum atomic E-state index is 12.7. The van der Waals surface area contributed by atoms with E-state index < -0.39 is 10.0 Å². The zero-order chi connectivity index (χ0) is 16.0. The van der Waals surface area contributed by atoms with E-state index in [9.17, 15) is 8.42 Å². The molecule has 1 rings (SSSR count). The lowest BCUT2D eigenvalue weighted by atomic mass is 10.1. The van der Waals surface area contributed by atoms with Gasteiger partial charge in [-0.3, -0.25) is 0 Å². The first-order valence-corrected chi connectivity index (χ1v) is 8.54. The lowest BCUT2D eigenvalue weighted by Gasteiger charge is -2.26. The molecule has 4 nitrogen and oxygen atoms in total. The number of hydrogen-bond acceptors (Lipinski definition) is 3.